The lowest BCUT2D eigenvalue weighted by atomic mass is 9.79. The largest absolute Gasteiger partial charge is 0.481 e. The van der Waals surface area contributed by atoms with Gasteiger partial charge in [0.15, 0.2) is 0 Å². The number of aliphatic carboxylic acids is 1. The van der Waals surface area contributed by atoms with E-state index in [2.05, 4.69) is 10.6 Å². The van der Waals surface area contributed by atoms with Gasteiger partial charge in [0.2, 0.25) is 0 Å². The van der Waals surface area contributed by atoms with E-state index in [4.69, 9.17) is 0 Å². The molecule has 0 aromatic heterocycles. The highest BCUT2D eigenvalue weighted by molar-refractivity contribution is 5.77. The Morgan fingerprint density at radius 3 is 2.37 bits per heavy atom. The maximum Gasteiger partial charge on any atom is 0.315 e. The zero-order valence-corrected chi connectivity index (χ0v) is 11.6. The monoisotopic (exact) mass is 268 g/mol. The number of carbonyl (C=O) groups excluding carboxylic acids is 1. The van der Waals surface area contributed by atoms with Gasteiger partial charge in [-0.3, -0.25) is 4.79 Å². The lowest BCUT2D eigenvalue weighted by Crippen LogP contribution is -2.57. The highest BCUT2D eigenvalue weighted by atomic mass is 16.4. The van der Waals surface area contributed by atoms with Gasteiger partial charge in [0.05, 0.1) is 5.92 Å². The van der Waals surface area contributed by atoms with Gasteiger partial charge in [0.25, 0.3) is 0 Å². The second-order valence-electron chi connectivity index (χ2n) is 6.20. The lowest BCUT2D eigenvalue weighted by molar-refractivity contribution is -0.142. The highest BCUT2D eigenvalue weighted by Gasteiger charge is 2.35. The SMILES string of the molecule is CC1(NC(=O)NC2CCCCCC2C(=O)O)CCC1. The Bertz CT molecular complexity index is 353. The van der Waals surface area contributed by atoms with Gasteiger partial charge in [0.1, 0.15) is 0 Å². The Balaban J connectivity index is 1.90. The number of hydrogen-bond donors (Lipinski definition) is 3. The molecule has 0 radical (unpaired) electrons. The van der Waals surface area contributed by atoms with E-state index in [1.165, 1.54) is 0 Å². The average molecular weight is 268 g/mol. The van der Waals surface area contributed by atoms with E-state index in [0.29, 0.717) is 6.42 Å². The van der Waals surface area contributed by atoms with E-state index in [-0.39, 0.29) is 17.6 Å². The predicted molar refractivity (Wildman–Crippen MR) is 71.9 cm³/mol. The summed E-state index contributed by atoms with van der Waals surface area (Å²) in [5, 5.41) is 15.1. The van der Waals surface area contributed by atoms with Crippen LogP contribution in [0.5, 0.6) is 0 Å². The van der Waals surface area contributed by atoms with E-state index in [9.17, 15) is 14.7 Å². The molecule has 0 heterocycles. The van der Waals surface area contributed by atoms with Crippen LogP contribution >= 0.6 is 0 Å². The van der Waals surface area contributed by atoms with Crippen LogP contribution in [-0.2, 0) is 4.79 Å². The molecule has 2 fully saturated rings. The third kappa shape index (κ3) is 3.61. The summed E-state index contributed by atoms with van der Waals surface area (Å²) in [5.41, 5.74) is -0.0897. The Labute approximate surface area is 114 Å². The van der Waals surface area contributed by atoms with Crippen LogP contribution in [0.25, 0.3) is 0 Å². The van der Waals surface area contributed by atoms with Crippen LogP contribution in [0.3, 0.4) is 0 Å². The maximum atomic E-state index is 12.0. The van der Waals surface area contributed by atoms with Crippen molar-refractivity contribution in [2.75, 3.05) is 0 Å². The Morgan fingerprint density at radius 2 is 1.79 bits per heavy atom. The quantitative estimate of drug-likeness (QED) is 0.687. The van der Waals surface area contributed by atoms with Crippen molar-refractivity contribution in [1.82, 2.24) is 10.6 Å². The van der Waals surface area contributed by atoms with Crippen molar-refractivity contribution in [3.05, 3.63) is 0 Å². The molecule has 2 aliphatic rings. The Morgan fingerprint density at radius 1 is 1.11 bits per heavy atom. The number of carboxylic acids is 1. The van der Waals surface area contributed by atoms with Crippen molar-refractivity contribution in [3.8, 4) is 0 Å². The number of carboxylic acid groups (broad SMARTS) is 1. The van der Waals surface area contributed by atoms with Gasteiger partial charge in [-0.1, -0.05) is 19.3 Å². The zero-order chi connectivity index (χ0) is 13.9. The van der Waals surface area contributed by atoms with Crippen LogP contribution in [-0.4, -0.2) is 28.7 Å². The topological polar surface area (TPSA) is 78.4 Å². The van der Waals surface area contributed by atoms with Gasteiger partial charge in [-0.2, -0.15) is 0 Å². The van der Waals surface area contributed by atoms with Gasteiger partial charge in [-0.25, -0.2) is 4.79 Å². The second-order valence-corrected chi connectivity index (χ2v) is 6.20. The molecular weight excluding hydrogens is 244 g/mol. The molecule has 0 spiro atoms. The van der Waals surface area contributed by atoms with Crippen LogP contribution < -0.4 is 10.6 Å². The number of hydrogen-bond acceptors (Lipinski definition) is 2. The van der Waals surface area contributed by atoms with E-state index < -0.39 is 11.9 Å². The molecule has 5 heteroatoms. The summed E-state index contributed by atoms with van der Waals surface area (Å²) in [6.45, 7) is 2.04. The molecule has 3 N–H and O–H groups in total. The number of carbonyl (C=O) groups is 2. The standard InChI is InChI=1S/C14H24N2O3/c1-14(8-5-9-14)16-13(19)15-11-7-4-2-3-6-10(11)12(17)18/h10-11H,2-9H2,1H3,(H,17,18)(H2,15,16,19). The second kappa shape index (κ2) is 5.80. The van der Waals surface area contributed by atoms with E-state index >= 15 is 0 Å². The van der Waals surface area contributed by atoms with Gasteiger partial charge >= 0.3 is 12.0 Å². The normalized spacial score (nSPS) is 29.7. The van der Waals surface area contributed by atoms with Gasteiger partial charge in [0, 0.05) is 11.6 Å². The molecule has 5 nitrogen and oxygen atoms in total. The first-order valence-electron chi connectivity index (χ1n) is 7.32. The molecule has 108 valence electrons. The molecular formula is C14H24N2O3. The molecule has 0 saturated heterocycles. The number of rotatable bonds is 3. The van der Waals surface area contributed by atoms with Crippen molar-refractivity contribution in [2.45, 2.75) is 69.9 Å². The van der Waals surface area contributed by atoms with E-state index in [1.807, 2.05) is 6.92 Å². The molecule has 2 saturated carbocycles. The summed E-state index contributed by atoms with van der Waals surface area (Å²) in [5.74, 6) is -1.23. The molecule has 0 aromatic carbocycles. The average Bonchev–Trinajstić information content (AvgIpc) is 2.52. The first-order valence-corrected chi connectivity index (χ1v) is 7.32. The maximum absolute atomic E-state index is 12.0. The summed E-state index contributed by atoms with van der Waals surface area (Å²) in [6, 6.07) is -0.441. The lowest BCUT2D eigenvalue weighted by Gasteiger charge is -2.39. The predicted octanol–water partition coefficient (Wildman–Crippen LogP) is 2.26. The molecule has 0 aromatic rings. The summed E-state index contributed by atoms with van der Waals surface area (Å²) in [7, 11) is 0. The first-order chi connectivity index (χ1) is 9.00. The van der Waals surface area contributed by atoms with Crippen LogP contribution in [0, 0.1) is 5.92 Å². The summed E-state index contributed by atoms with van der Waals surface area (Å²) >= 11 is 0. The van der Waals surface area contributed by atoms with Crippen LogP contribution in [0.4, 0.5) is 4.79 Å². The fraction of sp³-hybridized carbons (Fsp3) is 0.857. The van der Waals surface area contributed by atoms with Gasteiger partial charge in [-0.15, -0.1) is 0 Å². The Kier molecular flexibility index (Phi) is 4.32. The number of nitrogens with one attached hydrogen (secondary N) is 2. The molecule has 2 amide bonds. The third-order valence-corrected chi connectivity index (χ3v) is 4.52. The smallest absolute Gasteiger partial charge is 0.315 e. The summed E-state index contributed by atoms with van der Waals surface area (Å²) < 4.78 is 0. The van der Waals surface area contributed by atoms with Crippen molar-refractivity contribution in [3.63, 3.8) is 0 Å². The van der Waals surface area contributed by atoms with Gasteiger partial charge < -0.3 is 15.7 Å². The van der Waals surface area contributed by atoms with Crippen LogP contribution in [0.2, 0.25) is 0 Å². The Hall–Kier alpha value is -1.26. The summed E-state index contributed by atoms with van der Waals surface area (Å²) in [4.78, 5) is 23.3. The van der Waals surface area contributed by atoms with Crippen molar-refractivity contribution in [1.29, 1.82) is 0 Å². The highest BCUT2D eigenvalue weighted by Crippen LogP contribution is 2.31. The van der Waals surface area contributed by atoms with Crippen molar-refractivity contribution in [2.24, 2.45) is 5.92 Å². The minimum absolute atomic E-state index is 0.0897. The van der Waals surface area contributed by atoms with Gasteiger partial charge in [-0.05, 0) is 39.0 Å². The molecule has 19 heavy (non-hydrogen) atoms. The van der Waals surface area contributed by atoms with Crippen LogP contribution in [0.15, 0.2) is 0 Å². The zero-order valence-electron chi connectivity index (χ0n) is 11.6. The molecule has 2 aliphatic carbocycles. The summed E-state index contributed by atoms with van der Waals surface area (Å²) in [6.07, 6.45) is 7.58. The molecule has 2 rings (SSSR count). The minimum Gasteiger partial charge on any atom is -0.481 e. The van der Waals surface area contributed by atoms with E-state index in [1.54, 1.807) is 0 Å². The van der Waals surface area contributed by atoms with Crippen LogP contribution in [0.1, 0.15) is 58.3 Å². The first kappa shape index (κ1) is 14.2. The fourth-order valence-electron chi connectivity index (χ4n) is 3.09. The van der Waals surface area contributed by atoms with E-state index in [0.717, 1.165) is 44.9 Å². The molecule has 2 atom stereocenters. The third-order valence-electron chi connectivity index (χ3n) is 4.52. The number of amides is 2. The van der Waals surface area contributed by atoms with Crippen molar-refractivity contribution < 1.29 is 14.7 Å². The molecule has 0 bridgehead atoms. The fourth-order valence-corrected chi connectivity index (χ4v) is 3.09. The van der Waals surface area contributed by atoms with Crippen molar-refractivity contribution >= 4 is 12.0 Å². The molecule has 2 unspecified atom stereocenters. The molecule has 0 aliphatic heterocycles. The minimum atomic E-state index is -0.790. The number of urea groups is 1.